The third kappa shape index (κ3) is 2.82. The number of ketones is 4. The number of aliphatic hydroxyl groups is 5. The molecule has 0 aromatic heterocycles. The van der Waals surface area contributed by atoms with Gasteiger partial charge in [0.1, 0.15) is 6.10 Å². The fraction of sp³-hybridized carbons (Fsp3) is 0.643. The van der Waals surface area contributed by atoms with Crippen LogP contribution in [0.25, 0.3) is 0 Å². The van der Waals surface area contributed by atoms with E-state index in [1.54, 1.807) is 0 Å². The second-order valence-electron chi connectivity index (χ2n) is 5.52. The molecule has 0 heterocycles. The van der Waals surface area contributed by atoms with Gasteiger partial charge in [0.25, 0.3) is 0 Å². The Hall–Kier alpha value is -1.85. The third-order valence-corrected chi connectivity index (χ3v) is 3.88. The minimum Gasteiger partial charge on any atom is -0.390 e. The van der Waals surface area contributed by atoms with Crippen LogP contribution in [0.4, 0.5) is 0 Å². The highest BCUT2D eigenvalue weighted by Crippen LogP contribution is 2.37. The zero-order valence-corrected chi connectivity index (χ0v) is 13.5. The van der Waals surface area contributed by atoms with E-state index in [0.717, 1.165) is 6.92 Å². The van der Waals surface area contributed by atoms with Crippen molar-refractivity contribution in [3.8, 4) is 0 Å². The first kappa shape index (κ1) is 22.1. The van der Waals surface area contributed by atoms with Crippen molar-refractivity contribution < 1.29 is 49.5 Å². The van der Waals surface area contributed by atoms with Crippen molar-refractivity contribution in [2.75, 3.05) is 0 Å². The molecule has 0 saturated heterocycles. The predicted octanol–water partition coefficient (Wildman–Crippen LogP) is -3.54. The summed E-state index contributed by atoms with van der Waals surface area (Å²) in [7, 11) is 0. The topological polar surface area (TPSA) is 186 Å². The Balaban J connectivity index is 6.90. The molecule has 5 atom stereocenters. The second kappa shape index (κ2) is 6.95. The molecule has 0 rings (SSSR count). The smallest absolute Gasteiger partial charge is 0.223 e. The maximum atomic E-state index is 12.3. The fourth-order valence-electron chi connectivity index (χ4n) is 2.26. The van der Waals surface area contributed by atoms with Crippen LogP contribution in [0.3, 0.4) is 0 Å². The first-order valence-electron chi connectivity index (χ1n) is 6.73. The van der Waals surface area contributed by atoms with Crippen molar-refractivity contribution in [2.45, 2.75) is 56.7 Å². The average Bonchev–Trinajstić information content (AvgIpc) is 2.49. The molecular formula is C14H20O10. The predicted molar refractivity (Wildman–Crippen MR) is 75.7 cm³/mol. The van der Waals surface area contributed by atoms with Gasteiger partial charge in [-0.3, -0.25) is 24.0 Å². The molecule has 136 valence electrons. The highest BCUT2D eigenvalue weighted by molar-refractivity contribution is 6.21. The van der Waals surface area contributed by atoms with Crippen molar-refractivity contribution in [3.05, 3.63) is 0 Å². The molecular weight excluding hydrogens is 328 g/mol. The number of aliphatic hydroxyl groups excluding tert-OH is 2. The largest absolute Gasteiger partial charge is 0.390 e. The second-order valence-corrected chi connectivity index (χ2v) is 5.52. The molecule has 0 aliphatic carbocycles. The van der Waals surface area contributed by atoms with Crippen molar-refractivity contribution in [3.63, 3.8) is 0 Å². The number of rotatable bonds is 9. The quantitative estimate of drug-likeness (QED) is 0.206. The summed E-state index contributed by atoms with van der Waals surface area (Å²) in [6.45, 7) is 2.49. The number of hydrogen-bond acceptors (Lipinski definition) is 10. The summed E-state index contributed by atoms with van der Waals surface area (Å²) in [6, 6.07) is 0. The van der Waals surface area contributed by atoms with Crippen molar-refractivity contribution >= 4 is 29.4 Å². The molecule has 5 N–H and O–H groups in total. The summed E-state index contributed by atoms with van der Waals surface area (Å²) < 4.78 is 0. The van der Waals surface area contributed by atoms with Gasteiger partial charge >= 0.3 is 0 Å². The molecule has 0 bridgehead atoms. The van der Waals surface area contributed by atoms with E-state index in [1.165, 1.54) is 0 Å². The molecule has 0 amide bonds. The molecule has 10 nitrogen and oxygen atoms in total. The zero-order valence-electron chi connectivity index (χ0n) is 13.5. The van der Waals surface area contributed by atoms with Crippen LogP contribution in [0.1, 0.15) is 27.7 Å². The van der Waals surface area contributed by atoms with Gasteiger partial charge in [-0.15, -0.1) is 0 Å². The summed E-state index contributed by atoms with van der Waals surface area (Å²) >= 11 is 0. The molecule has 0 aromatic rings. The van der Waals surface area contributed by atoms with Crippen LogP contribution in [0, 0.1) is 0 Å². The Morgan fingerprint density at radius 2 is 1.29 bits per heavy atom. The third-order valence-electron chi connectivity index (χ3n) is 3.88. The summed E-state index contributed by atoms with van der Waals surface area (Å²) in [5, 5.41) is 50.0. The van der Waals surface area contributed by atoms with Crippen LogP contribution < -0.4 is 0 Å². The Kier molecular flexibility index (Phi) is 6.41. The first-order chi connectivity index (χ1) is 10.7. The van der Waals surface area contributed by atoms with Crippen molar-refractivity contribution in [1.29, 1.82) is 0 Å². The van der Waals surface area contributed by atoms with E-state index < -0.39 is 58.4 Å². The molecule has 0 aliphatic heterocycles. The van der Waals surface area contributed by atoms with Gasteiger partial charge in [-0.2, -0.15) is 0 Å². The summed E-state index contributed by atoms with van der Waals surface area (Å²) in [6.07, 6.45) is -4.92. The molecule has 24 heavy (non-hydrogen) atoms. The number of carbonyl (C=O) groups is 5. The lowest BCUT2D eigenvalue weighted by Crippen LogP contribution is -2.80. The van der Waals surface area contributed by atoms with Crippen LogP contribution in [0.2, 0.25) is 0 Å². The normalized spacial score (nSPS) is 21.4. The van der Waals surface area contributed by atoms with Gasteiger partial charge in [-0.05, 0) is 27.7 Å². The first-order valence-corrected chi connectivity index (χ1v) is 6.73. The summed E-state index contributed by atoms with van der Waals surface area (Å²) in [4.78, 5) is 58.8. The van der Waals surface area contributed by atoms with Gasteiger partial charge in [0, 0.05) is 0 Å². The van der Waals surface area contributed by atoms with Gasteiger partial charge in [0.15, 0.2) is 23.6 Å². The van der Waals surface area contributed by atoms with Crippen LogP contribution in [-0.4, -0.2) is 84.0 Å². The maximum absolute atomic E-state index is 12.3. The SMILES string of the molecule is CC(=O)[C@](O)(C(=O)C(O)C(C)O)[C@@](O)(C(C)=O)[C@@](O)(C=O)C(C)=O. The number of hydrogen-bond donors (Lipinski definition) is 5. The van der Waals surface area contributed by atoms with Gasteiger partial charge in [-0.25, -0.2) is 0 Å². The van der Waals surface area contributed by atoms with E-state index in [1.807, 2.05) is 0 Å². The molecule has 0 radical (unpaired) electrons. The Bertz CT molecular complexity index is 582. The maximum Gasteiger partial charge on any atom is 0.223 e. The van der Waals surface area contributed by atoms with Crippen LogP contribution in [-0.2, 0) is 24.0 Å². The van der Waals surface area contributed by atoms with Crippen LogP contribution in [0.5, 0.6) is 0 Å². The number of Topliss-reactive ketones (excluding diaryl/α,β-unsaturated/α-hetero) is 4. The molecule has 0 aliphatic rings. The highest BCUT2D eigenvalue weighted by atomic mass is 16.4. The lowest BCUT2D eigenvalue weighted by atomic mass is 9.63. The Labute approximate surface area is 136 Å². The minimum atomic E-state index is -3.92. The van der Waals surface area contributed by atoms with Crippen LogP contribution in [0.15, 0.2) is 0 Å². The number of aldehydes is 1. The van der Waals surface area contributed by atoms with E-state index >= 15 is 0 Å². The van der Waals surface area contributed by atoms with E-state index in [9.17, 15) is 49.5 Å². The standard InChI is InChI=1S/C14H20O10/c1-6(16)10(20)11(21)13(23,8(3)18)14(24,9(4)19)12(22,5-15)7(2)17/h5-6,10,16,20,22-24H,1-4H3/t6?,10?,12-,13+,14-/m1/s1. The molecule has 0 aromatic carbocycles. The summed E-state index contributed by atoms with van der Waals surface area (Å²) in [5.74, 6) is -6.83. The van der Waals surface area contributed by atoms with Gasteiger partial charge in [-0.1, -0.05) is 0 Å². The fourth-order valence-corrected chi connectivity index (χ4v) is 2.26. The average molecular weight is 348 g/mol. The van der Waals surface area contributed by atoms with E-state index in [0.29, 0.717) is 20.8 Å². The zero-order chi connectivity index (χ0) is 19.7. The lowest BCUT2D eigenvalue weighted by Gasteiger charge is -2.45. The molecule has 10 heteroatoms. The Morgan fingerprint density at radius 1 is 0.875 bits per heavy atom. The molecule has 0 spiro atoms. The molecule has 0 fully saturated rings. The summed E-state index contributed by atoms with van der Waals surface area (Å²) in [5.41, 5.74) is -11.5. The monoisotopic (exact) mass is 348 g/mol. The van der Waals surface area contributed by atoms with Crippen molar-refractivity contribution in [2.24, 2.45) is 0 Å². The minimum absolute atomic E-state index is 0.507. The van der Waals surface area contributed by atoms with E-state index in [2.05, 4.69) is 0 Å². The van der Waals surface area contributed by atoms with Crippen molar-refractivity contribution in [1.82, 2.24) is 0 Å². The molecule has 2 unspecified atom stereocenters. The van der Waals surface area contributed by atoms with Gasteiger partial charge in [0.2, 0.25) is 22.6 Å². The highest BCUT2D eigenvalue weighted by Gasteiger charge is 2.73. The van der Waals surface area contributed by atoms with Crippen LogP contribution >= 0.6 is 0 Å². The van der Waals surface area contributed by atoms with Gasteiger partial charge in [0.05, 0.1) is 6.10 Å². The van der Waals surface area contributed by atoms with E-state index in [-0.39, 0.29) is 0 Å². The van der Waals surface area contributed by atoms with E-state index in [4.69, 9.17) is 0 Å². The van der Waals surface area contributed by atoms with Gasteiger partial charge < -0.3 is 25.5 Å². The molecule has 0 saturated carbocycles. The lowest BCUT2D eigenvalue weighted by molar-refractivity contribution is -0.223. The number of carbonyl (C=O) groups excluding carboxylic acids is 5. The Morgan fingerprint density at radius 3 is 1.50 bits per heavy atom.